The molecule has 2 aromatic carbocycles. The summed E-state index contributed by atoms with van der Waals surface area (Å²) in [5.74, 6) is 0.722. The minimum absolute atomic E-state index is 0.722. The van der Waals surface area contributed by atoms with Crippen LogP contribution in [0.4, 0.5) is 0 Å². The van der Waals surface area contributed by atoms with Crippen molar-refractivity contribution in [3.63, 3.8) is 0 Å². The summed E-state index contributed by atoms with van der Waals surface area (Å²) in [4.78, 5) is 0. The monoisotopic (exact) mass is 278 g/mol. The van der Waals surface area contributed by atoms with E-state index < -0.39 is 0 Å². The maximum atomic E-state index is 4.26. The maximum Gasteiger partial charge on any atom is -0.0184 e. The van der Waals surface area contributed by atoms with E-state index in [1.807, 2.05) is 0 Å². The van der Waals surface area contributed by atoms with Crippen molar-refractivity contribution in [1.82, 2.24) is 0 Å². The van der Waals surface area contributed by atoms with E-state index in [1.54, 1.807) is 0 Å². The second-order valence-corrected chi connectivity index (χ2v) is 6.14. The highest BCUT2D eigenvalue weighted by Gasteiger charge is 2.06. The average molecular weight is 278 g/mol. The van der Waals surface area contributed by atoms with E-state index in [1.165, 1.54) is 40.7 Å². The van der Waals surface area contributed by atoms with Gasteiger partial charge < -0.3 is 0 Å². The maximum absolute atomic E-state index is 4.26. The second kappa shape index (κ2) is 7.26. The highest BCUT2D eigenvalue weighted by Crippen LogP contribution is 2.26. The Bertz CT molecular complexity index is 572. The Morgan fingerprint density at radius 3 is 2.00 bits per heavy atom. The van der Waals surface area contributed by atoms with Crippen molar-refractivity contribution in [3.8, 4) is 11.1 Å². The Labute approximate surface area is 129 Å². The molecule has 0 aliphatic heterocycles. The van der Waals surface area contributed by atoms with Gasteiger partial charge >= 0.3 is 0 Å². The lowest BCUT2D eigenvalue weighted by Crippen LogP contribution is -1.95. The average Bonchev–Trinajstić information content (AvgIpc) is 2.48. The first-order valence-electron chi connectivity index (χ1n) is 7.95. The molecule has 0 fully saturated rings. The number of allylic oxidation sites excluding steroid dienone is 1. The molecule has 0 saturated carbocycles. The Morgan fingerprint density at radius 1 is 0.952 bits per heavy atom. The van der Waals surface area contributed by atoms with Gasteiger partial charge in [-0.2, -0.15) is 0 Å². The van der Waals surface area contributed by atoms with Gasteiger partial charge in [0.15, 0.2) is 0 Å². The molecule has 1 unspecified atom stereocenters. The van der Waals surface area contributed by atoms with E-state index in [9.17, 15) is 0 Å². The van der Waals surface area contributed by atoms with E-state index in [0.717, 1.165) is 12.3 Å². The topological polar surface area (TPSA) is 0 Å². The van der Waals surface area contributed by atoms with Crippen molar-refractivity contribution < 1.29 is 0 Å². The zero-order chi connectivity index (χ0) is 15.2. The lowest BCUT2D eigenvalue weighted by molar-refractivity contribution is 0.538. The number of rotatable bonds is 6. The highest BCUT2D eigenvalue weighted by molar-refractivity contribution is 5.69. The molecule has 0 bridgehead atoms. The van der Waals surface area contributed by atoms with E-state index in [0.29, 0.717) is 0 Å². The first-order chi connectivity index (χ1) is 10.1. The Morgan fingerprint density at radius 2 is 1.48 bits per heavy atom. The minimum Gasteiger partial charge on any atom is -0.0952 e. The van der Waals surface area contributed by atoms with Crippen LogP contribution in [0.2, 0.25) is 0 Å². The number of hydrogen-bond donors (Lipinski definition) is 0. The smallest absolute Gasteiger partial charge is 0.0184 e. The SMILES string of the molecule is C=C(CC(C)CCC)c1ccc(-c2ccc(C)cc2)cc1. The molecule has 0 nitrogen and oxygen atoms in total. The fourth-order valence-electron chi connectivity index (χ4n) is 2.78. The molecule has 0 heterocycles. The number of aryl methyl sites for hydroxylation is 1. The van der Waals surface area contributed by atoms with Gasteiger partial charge in [0, 0.05) is 0 Å². The van der Waals surface area contributed by atoms with Crippen molar-refractivity contribution in [2.45, 2.75) is 40.0 Å². The van der Waals surface area contributed by atoms with Crippen LogP contribution in [0, 0.1) is 12.8 Å². The van der Waals surface area contributed by atoms with Gasteiger partial charge in [0.05, 0.1) is 0 Å². The van der Waals surface area contributed by atoms with Gasteiger partial charge in [-0.05, 0) is 41.5 Å². The van der Waals surface area contributed by atoms with E-state index in [-0.39, 0.29) is 0 Å². The van der Waals surface area contributed by atoms with Crippen LogP contribution in [-0.4, -0.2) is 0 Å². The number of hydrogen-bond acceptors (Lipinski definition) is 0. The molecule has 0 aliphatic carbocycles. The van der Waals surface area contributed by atoms with Crippen molar-refractivity contribution in [3.05, 3.63) is 66.2 Å². The molecule has 0 heteroatoms. The van der Waals surface area contributed by atoms with Crippen LogP contribution in [0.25, 0.3) is 16.7 Å². The van der Waals surface area contributed by atoms with Gasteiger partial charge in [-0.3, -0.25) is 0 Å². The van der Waals surface area contributed by atoms with Gasteiger partial charge in [-0.25, -0.2) is 0 Å². The van der Waals surface area contributed by atoms with Crippen LogP contribution >= 0.6 is 0 Å². The molecule has 2 aromatic rings. The van der Waals surface area contributed by atoms with Crippen LogP contribution in [0.15, 0.2) is 55.1 Å². The third-order valence-corrected chi connectivity index (χ3v) is 4.05. The lowest BCUT2D eigenvalue weighted by Gasteiger charge is -2.13. The summed E-state index contributed by atoms with van der Waals surface area (Å²) in [6, 6.07) is 17.5. The third kappa shape index (κ3) is 4.32. The number of benzene rings is 2. The summed E-state index contributed by atoms with van der Waals surface area (Å²) in [5, 5.41) is 0. The molecule has 0 saturated heterocycles. The van der Waals surface area contributed by atoms with Crippen LogP contribution in [0.1, 0.15) is 44.2 Å². The van der Waals surface area contributed by atoms with Crippen LogP contribution in [0.3, 0.4) is 0 Å². The van der Waals surface area contributed by atoms with Gasteiger partial charge in [-0.1, -0.05) is 87.4 Å². The van der Waals surface area contributed by atoms with Gasteiger partial charge in [0.25, 0.3) is 0 Å². The fraction of sp³-hybridized carbons (Fsp3) is 0.333. The summed E-state index contributed by atoms with van der Waals surface area (Å²) in [6.45, 7) is 10.9. The van der Waals surface area contributed by atoms with Crippen LogP contribution in [0.5, 0.6) is 0 Å². The highest BCUT2D eigenvalue weighted by atomic mass is 14.1. The molecule has 0 aromatic heterocycles. The molecule has 0 aliphatic rings. The molecule has 21 heavy (non-hydrogen) atoms. The first-order valence-corrected chi connectivity index (χ1v) is 7.95. The Kier molecular flexibility index (Phi) is 5.38. The molecule has 1 atom stereocenters. The normalized spacial score (nSPS) is 12.1. The summed E-state index contributed by atoms with van der Waals surface area (Å²) in [5.41, 5.74) is 6.37. The van der Waals surface area contributed by atoms with E-state index >= 15 is 0 Å². The van der Waals surface area contributed by atoms with Gasteiger partial charge in [-0.15, -0.1) is 0 Å². The van der Waals surface area contributed by atoms with Crippen molar-refractivity contribution >= 4 is 5.57 Å². The quantitative estimate of drug-likeness (QED) is 0.565. The Hall–Kier alpha value is -1.82. The summed E-state index contributed by atoms with van der Waals surface area (Å²) < 4.78 is 0. The molecule has 2 rings (SSSR count). The molecule has 0 radical (unpaired) electrons. The second-order valence-electron chi connectivity index (χ2n) is 6.14. The molecule has 0 spiro atoms. The third-order valence-electron chi connectivity index (χ3n) is 4.05. The summed E-state index contributed by atoms with van der Waals surface area (Å²) in [6.07, 6.45) is 3.62. The van der Waals surface area contributed by atoms with Crippen molar-refractivity contribution in [1.29, 1.82) is 0 Å². The van der Waals surface area contributed by atoms with Crippen LogP contribution in [-0.2, 0) is 0 Å². The van der Waals surface area contributed by atoms with Crippen LogP contribution < -0.4 is 0 Å². The molecule has 0 amide bonds. The van der Waals surface area contributed by atoms with E-state index in [4.69, 9.17) is 0 Å². The van der Waals surface area contributed by atoms with Crippen molar-refractivity contribution in [2.24, 2.45) is 5.92 Å². The zero-order valence-corrected chi connectivity index (χ0v) is 13.5. The molecule has 110 valence electrons. The predicted octanol–water partition coefficient (Wildman–Crippen LogP) is 6.50. The summed E-state index contributed by atoms with van der Waals surface area (Å²) in [7, 11) is 0. The molecular formula is C21H26. The molecule has 0 N–H and O–H groups in total. The lowest BCUT2D eigenvalue weighted by atomic mass is 9.92. The van der Waals surface area contributed by atoms with Gasteiger partial charge in [0.2, 0.25) is 0 Å². The molecular weight excluding hydrogens is 252 g/mol. The summed E-state index contributed by atoms with van der Waals surface area (Å²) >= 11 is 0. The van der Waals surface area contributed by atoms with Gasteiger partial charge in [0.1, 0.15) is 0 Å². The minimum atomic E-state index is 0.722. The Balaban J connectivity index is 2.08. The van der Waals surface area contributed by atoms with E-state index in [2.05, 4.69) is 75.9 Å². The first kappa shape index (κ1) is 15.6. The zero-order valence-electron chi connectivity index (χ0n) is 13.5. The largest absolute Gasteiger partial charge is 0.0952 e. The van der Waals surface area contributed by atoms with Crippen molar-refractivity contribution in [2.75, 3.05) is 0 Å². The predicted molar refractivity (Wildman–Crippen MR) is 94.3 cm³/mol. The fourth-order valence-corrected chi connectivity index (χ4v) is 2.78. The standard InChI is InChI=1S/C21H26/c1-5-6-17(3)15-18(4)19-11-13-21(14-12-19)20-9-7-16(2)8-10-20/h7-14,17H,4-6,15H2,1-3H3.